The summed E-state index contributed by atoms with van der Waals surface area (Å²) in [6, 6.07) is 0. The van der Waals surface area contributed by atoms with E-state index in [1.807, 2.05) is 0 Å². The average Bonchev–Trinajstić information content (AvgIpc) is 2.50. The maximum Gasteiger partial charge on any atom is 0.313 e. The minimum absolute atomic E-state index is 0.0433. The third-order valence-corrected chi connectivity index (χ3v) is 5.36. The smallest absolute Gasteiger partial charge is 0.313 e. The molecule has 2 heteroatoms. The molecule has 116 valence electrons. The van der Waals surface area contributed by atoms with Crippen LogP contribution in [-0.4, -0.2) is 11.6 Å². The molecule has 0 aromatic carbocycles. The predicted octanol–water partition coefficient (Wildman–Crippen LogP) is 5.10. The highest BCUT2D eigenvalue weighted by molar-refractivity contribution is 5.81. The summed E-state index contributed by atoms with van der Waals surface area (Å²) in [5.41, 5.74) is -0.360. The average molecular weight is 280 g/mol. The minimum atomic E-state index is -0.317. The van der Waals surface area contributed by atoms with E-state index in [1.165, 1.54) is 19.3 Å². The molecule has 1 spiro atoms. The first kappa shape index (κ1) is 15.9. The Morgan fingerprint density at radius 2 is 1.55 bits per heavy atom. The van der Waals surface area contributed by atoms with Crippen LogP contribution in [0.1, 0.15) is 86.5 Å². The second-order valence-electron chi connectivity index (χ2n) is 9.38. The van der Waals surface area contributed by atoms with Crippen molar-refractivity contribution < 1.29 is 9.53 Å². The summed E-state index contributed by atoms with van der Waals surface area (Å²) in [4.78, 5) is 12.9. The predicted molar refractivity (Wildman–Crippen MR) is 82.5 cm³/mol. The van der Waals surface area contributed by atoms with Crippen LogP contribution in [0.4, 0.5) is 0 Å². The van der Waals surface area contributed by atoms with E-state index < -0.39 is 0 Å². The topological polar surface area (TPSA) is 26.3 Å². The highest BCUT2D eigenvalue weighted by Crippen LogP contribution is 2.59. The van der Waals surface area contributed by atoms with E-state index in [0.29, 0.717) is 0 Å². The van der Waals surface area contributed by atoms with E-state index in [1.54, 1.807) is 0 Å². The highest BCUT2D eigenvalue weighted by Gasteiger charge is 2.62. The molecule has 1 atom stereocenters. The summed E-state index contributed by atoms with van der Waals surface area (Å²) < 4.78 is 6.04. The lowest BCUT2D eigenvalue weighted by atomic mass is 9.57. The van der Waals surface area contributed by atoms with Gasteiger partial charge in [0.2, 0.25) is 0 Å². The fourth-order valence-electron chi connectivity index (χ4n) is 4.30. The Morgan fingerprint density at radius 3 is 2.00 bits per heavy atom. The molecule has 2 nitrogen and oxygen atoms in total. The van der Waals surface area contributed by atoms with Crippen molar-refractivity contribution in [1.29, 1.82) is 0 Å². The van der Waals surface area contributed by atoms with Gasteiger partial charge in [0.15, 0.2) is 0 Å². The van der Waals surface area contributed by atoms with Gasteiger partial charge in [0.25, 0.3) is 0 Å². The third kappa shape index (κ3) is 2.76. The molecule has 0 bridgehead atoms. The zero-order valence-electron chi connectivity index (χ0n) is 14.3. The van der Waals surface area contributed by atoms with Gasteiger partial charge in [0.1, 0.15) is 5.60 Å². The number of rotatable bonds is 1. The van der Waals surface area contributed by atoms with Crippen molar-refractivity contribution in [3.05, 3.63) is 0 Å². The van der Waals surface area contributed by atoms with Gasteiger partial charge in [-0.2, -0.15) is 0 Å². The van der Waals surface area contributed by atoms with Crippen molar-refractivity contribution in [2.75, 3.05) is 0 Å². The summed E-state index contributed by atoms with van der Waals surface area (Å²) >= 11 is 0. The number of ether oxygens (including phenoxy) is 1. The first-order valence-corrected chi connectivity index (χ1v) is 8.23. The largest absolute Gasteiger partial charge is 0.459 e. The van der Waals surface area contributed by atoms with Crippen molar-refractivity contribution in [3.8, 4) is 0 Å². The van der Waals surface area contributed by atoms with Gasteiger partial charge in [-0.1, -0.05) is 48.0 Å². The van der Waals surface area contributed by atoms with E-state index in [-0.39, 0.29) is 27.8 Å². The molecule has 0 N–H and O–H groups in total. The van der Waals surface area contributed by atoms with Crippen LogP contribution in [0, 0.1) is 16.2 Å². The molecule has 2 rings (SSSR count). The Bertz CT molecular complexity index is 377. The molecule has 1 aliphatic carbocycles. The van der Waals surface area contributed by atoms with Crippen LogP contribution >= 0.6 is 0 Å². The number of hydrogen-bond acceptors (Lipinski definition) is 2. The molecular formula is C18H32O2. The van der Waals surface area contributed by atoms with E-state index in [0.717, 1.165) is 25.7 Å². The van der Waals surface area contributed by atoms with Crippen LogP contribution in [-0.2, 0) is 9.53 Å². The molecule has 0 aromatic heterocycles. The summed E-state index contributed by atoms with van der Waals surface area (Å²) in [6.07, 6.45) is 7.71. The van der Waals surface area contributed by atoms with E-state index >= 15 is 0 Å². The van der Waals surface area contributed by atoms with Crippen molar-refractivity contribution in [2.24, 2.45) is 16.2 Å². The van der Waals surface area contributed by atoms with E-state index in [2.05, 4.69) is 41.5 Å². The minimum Gasteiger partial charge on any atom is -0.459 e. The van der Waals surface area contributed by atoms with Crippen LogP contribution in [0.2, 0.25) is 0 Å². The van der Waals surface area contributed by atoms with Crippen molar-refractivity contribution in [2.45, 2.75) is 92.1 Å². The van der Waals surface area contributed by atoms with Gasteiger partial charge in [0, 0.05) is 6.42 Å². The quantitative estimate of drug-likeness (QED) is 0.624. The fourth-order valence-corrected chi connectivity index (χ4v) is 4.30. The highest BCUT2D eigenvalue weighted by atomic mass is 16.6. The monoisotopic (exact) mass is 280 g/mol. The summed E-state index contributed by atoms with van der Waals surface area (Å²) in [5, 5.41) is 0. The SMILES string of the molecule is CC(C)(C)C[C@]1(C(C)(C)C)CC2(CCCCC2)OC1=O. The van der Waals surface area contributed by atoms with Gasteiger partial charge in [-0.25, -0.2) is 0 Å². The van der Waals surface area contributed by atoms with Crippen LogP contribution in [0.15, 0.2) is 0 Å². The molecule has 1 heterocycles. The lowest BCUT2D eigenvalue weighted by Gasteiger charge is -2.43. The Morgan fingerprint density at radius 1 is 1.00 bits per heavy atom. The zero-order chi connectivity index (χ0) is 15.2. The number of esters is 1. The van der Waals surface area contributed by atoms with Crippen molar-refractivity contribution >= 4 is 5.97 Å². The molecule has 2 aliphatic rings. The molecule has 1 saturated heterocycles. The normalized spacial score (nSPS) is 30.6. The van der Waals surface area contributed by atoms with Gasteiger partial charge >= 0.3 is 5.97 Å². The number of carbonyl (C=O) groups excluding carboxylic acids is 1. The van der Waals surface area contributed by atoms with Crippen LogP contribution in [0.3, 0.4) is 0 Å². The number of hydrogen-bond donors (Lipinski definition) is 0. The maximum absolute atomic E-state index is 12.9. The Kier molecular flexibility index (Phi) is 3.76. The molecule has 0 unspecified atom stereocenters. The molecule has 0 aromatic rings. The van der Waals surface area contributed by atoms with E-state index in [4.69, 9.17) is 4.74 Å². The first-order valence-electron chi connectivity index (χ1n) is 8.23. The third-order valence-electron chi connectivity index (χ3n) is 5.36. The number of carbonyl (C=O) groups is 1. The molecule has 0 amide bonds. The van der Waals surface area contributed by atoms with E-state index in [9.17, 15) is 4.79 Å². The Balaban J connectivity index is 2.35. The standard InChI is InChI=1S/C18H32O2/c1-15(2,3)12-18(16(4,5)6)13-17(20-14(18)19)10-8-7-9-11-17/h7-13H2,1-6H3/t18-/m0/s1. The molecular weight excluding hydrogens is 248 g/mol. The van der Waals surface area contributed by atoms with Crippen LogP contribution in [0.25, 0.3) is 0 Å². The fraction of sp³-hybridized carbons (Fsp3) is 0.944. The summed E-state index contributed by atoms with van der Waals surface area (Å²) in [6.45, 7) is 13.3. The summed E-state index contributed by atoms with van der Waals surface area (Å²) in [5.74, 6) is 0.0711. The zero-order valence-corrected chi connectivity index (χ0v) is 14.3. The lowest BCUT2D eigenvalue weighted by Crippen LogP contribution is -2.43. The van der Waals surface area contributed by atoms with Gasteiger partial charge in [0.05, 0.1) is 5.41 Å². The molecule has 0 radical (unpaired) electrons. The molecule has 1 aliphatic heterocycles. The Hall–Kier alpha value is -0.530. The molecule has 2 fully saturated rings. The maximum atomic E-state index is 12.9. The lowest BCUT2D eigenvalue weighted by molar-refractivity contribution is -0.161. The van der Waals surface area contributed by atoms with Crippen molar-refractivity contribution in [1.82, 2.24) is 0 Å². The van der Waals surface area contributed by atoms with Gasteiger partial charge in [-0.15, -0.1) is 0 Å². The first-order chi connectivity index (χ1) is 9.00. The van der Waals surface area contributed by atoms with Crippen LogP contribution in [0.5, 0.6) is 0 Å². The van der Waals surface area contributed by atoms with Crippen LogP contribution < -0.4 is 0 Å². The molecule has 1 saturated carbocycles. The second-order valence-corrected chi connectivity index (χ2v) is 9.38. The van der Waals surface area contributed by atoms with Crippen molar-refractivity contribution in [3.63, 3.8) is 0 Å². The second kappa shape index (κ2) is 4.74. The summed E-state index contributed by atoms with van der Waals surface area (Å²) in [7, 11) is 0. The van der Waals surface area contributed by atoms with Gasteiger partial charge in [-0.05, 0) is 42.9 Å². The molecule has 20 heavy (non-hydrogen) atoms. The van der Waals surface area contributed by atoms with Gasteiger partial charge in [-0.3, -0.25) is 4.79 Å². The van der Waals surface area contributed by atoms with Gasteiger partial charge < -0.3 is 4.74 Å². The Labute approximate surface area is 124 Å².